The number of aromatic nitrogens is 1. The highest BCUT2D eigenvalue weighted by molar-refractivity contribution is 7.09. The number of hydrogen-bond acceptors (Lipinski definition) is 4. The molecule has 1 saturated heterocycles. The maximum absolute atomic E-state index is 4.32. The Morgan fingerprint density at radius 1 is 1.62 bits per heavy atom. The maximum Gasteiger partial charge on any atom is 0.0798 e. The molecule has 0 amide bonds. The van der Waals surface area contributed by atoms with E-state index in [1.54, 1.807) is 11.3 Å². The predicted molar refractivity (Wildman–Crippen MR) is 68.8 cm³/mol. The van der Waals surface area contributed by atoms with E-state index < -0.39 is 0 Å². The second-order valence-corrected chi connectivity index (χ2v) is 5.60. The van der Waals surface area contributed by atoms with Gasteiger partial charge in [-0.1, -0.05) is 0 Å². The third kappa shape index (κ3) is 3.03. The van der Waals surface area contributed by atoms with E-state index >= 15 is 0 Å². The standard InChI is InChI=1S/C12H21N3S/c1-10-12(16-9-14-10)8-15-5-3-4-11(7-15)6-13-2/h9,11,13H,3-8H2,1-2H3. The van der Waals surface area contributed by atoms with E-state index in [2.05, 4.69) is 22.1 Å². The molecule has 3 nitrogen and oxygen atoms in total. The van der Waals surface area contributed by atoms with Crippen molar-refractivity contribution in [3.05, 3.63) is 16.1 Å². The zero-order chi connectivity index (χ0) is 11.4. The fraction of sp³-hybridized carbons (Fsp3) is 0.750. The molecule has 1 N–H and O–H groups in total. The first-order valence-corrected chi connectivity index (χ1v) is 6.93. The van der Waals surface area contributed by atoms with E-state index in [4.69, 9.17) is 0 Å². The van der Waals surface area contributed by atoms with Gasteiger partial charge in [-0.2, -0.15) is 0 Å². The van der Waals surface area contributed by atoms with E-state index in [-0.39, 0.29) is 0 Å². The van der Waals surface area contributed by atoms with E-state index in [0.29, 0.717) is 0 Å². The lowest BCUT2D eigenvalue weighted by atomic mass is 9.98. The van der Waals surface area contributed by atoms with Crippen molar-refractivity contribution in [1.29, 1.82) is 0 Å². The Bertz CT molecular complexity index is 322. The number of nitrogens with one attached hydrogen (secondary N) is 1. The van der Waals surface area contributed by atoms with Gasteiger partial charge in [0, 0.05) is 18.0 Å². The summed E-state index contributed by atoms with van der Waals surface area (Å²) in [7, 11) is 2.05. The van der Waals surface area contributed by atoms with Gasteiger partial charge in [0.1, 0.15) is 0 Å². The van der Waals surface area contributed by atoms with Crippen LogP contribution in [0, 0.1) is 12.8 Å². The number of hydrogen-bond donors (Lipinski definition) is 1. The molecule has 2 heterocycles. The van der Waals surface area contributed by atoms with Crippen LogP contribution in [0.3, 0.4) is 0 Å². The number of likely N-dealkylation sites (tertiary alicyclic amines) is 1. The molecule has 16 heavy (non-hydrogen) atoms. The summed E-state index contributed by atoms with van der Waals surface area (Å²) in [6.07, 6.45) is 2.71. The Kier molecular flexibility index (Phi) is 4.32. The Morgan fingerprint density at radius 2 is 2.50 bits per heavy atom. The second kappa shape index (κ2) is 5.75. The van der Waals surface area contributed by atoms with Crippen LogP contribution in [0.4, 0.5) is 0 Å². The minimum Gasteiger partial charge on any atom is -0.319 e. The number of nitrogens with zero attached hydrogens (tertiary/aromatic N) is 2. The molecule has 1 aliphatic heterocycles. The SMILES string of the molecule is CNCC1CCCN(Cc2scnc2C)C1. The zero-order valence-corrected chi connectivity index (χ0v) is 11.0. The van der Waals surface area contributed by atoms with Gasteiger partial charge in [-0.15, -0.1) is 11.3 Å². The number of thiazole rings is 1. The van der Waals surface area contributed by atoms with E-state index in [0.717, 1.165) is 19.0 Å². The van der Waals surface area contributed by atoms with E-state index in [9.17, 15) is 0 Å². The van der Waals surface area contributed by atoms with Gasteiger partial charge in [0.25, 0.3) is 0 Å². The largest absolute Gasteiger partial charge is 0.319 e. The summed E-state index contributed by atoms with van der Waals surface area (Å²) in [5, 5.41) is 3.29. The summed E-state index contributed by atoms with van der Waals surface area (Å²) in [6.45, 7) is 6.84. The molecular formula is C12H21N3S. The maximum atomic E-state index is 4.32. The molecule has 0 aromatic carbocycles. The van der Waals surface area contributed by atoms with Crippen molar-refractivity contribution in [3.8, 4) is 0 Å². The number of piperidine rings is 1. The van der Waals surface area contributed by atoms with Crippen molar-refractivity contribution >= 4 is 11.3 Å². The molecule has 1 aromatic rings. The van der Waals surface area contributed by atoms with Crippen LogP contribution in [0.1, 0.15) is 23.4 Å². The molecule has 1 fully saturated rings. The van der Waals surface area contributed by atoms with Gasteiger partial charge < -0.3 is 5.32 Å². The third-order valence-corrected chi connectivity index (χ3v) is 4.23. The van der Waals surface area contributed by atoms with Crippen LogP contribution in [-0.4, -0.2) is 36.6 Å². The van der Waals surface area contributed by atoms with Crippen LogP contribution in [0.25, 0.3) is 0 Å². The van der Waals surface area contributed by atoms with Crippen LogP contribution < -0.4 is 5.32 Å². The predicted octanol–water partition coefficient (Wildman–Crippen LogP) is 1.88. The zero-order valence-electron chi connectivity index (χ0n) is 10.2. The van der Waals surface area contributed by atoms with Crippen LogP contribution >= 0.6 is 11.3 Å². The first-order chi connectivity index (χ1) is 7.79. The van der Waals surface area contributed by atoms with Crippen molar-refractivity contribution in [3.63, 3.8) is 0 Å². The summed E-state index contributed by atoms with van der Waals surface area (Å²) in [6, 6.07) is 0. The number of aryl methyl sites for hydroxylation is 1. The quantitative estimate of drug-likeness (QED) is 0.869. The smallest absolute Gasteiger partial charge is 0.0798 e. The Labute approximate surface area is 102 Å². The molecule has 1 aliphatic rings. The minimum absolute atomic E-state index is 0.826. The van der Waals surface area contributed by atoms with Gasteiger partial charge in [0.15, 0.2) is 0 Å². The normalized spacial score (nSPS) is 22.5. The molecule has 0 saturated carbocycles. The fourth-order valence-electron chi connectivity index (χ4n) is 2.43. The first kappa shape index (κ1) is 12.0. The molecule has 0 aliphatic carbocycles. The molecule has 2 rings (SSSR count). The Balaban J connectivity index is 1.88. The lowest BCUT2D eigenvalue weighted by molar-refractivity contribution is 0.168. The van der Waals surface area contributed by atoms with E-state index in [1.165, 1.54) is 36.5 Å². The minimum atomic E-state index is 0.826. The van der Waals surface area contributed by atoms with Crippen molar-refractivity contribution in [1.82, 2.24) is 15.2 Å². The van der Waals surface area contributed by atoms with Crippen LogP contribution in [0.2, 0.25) is 0 Å². The van der Waals surface area contributed by atoms with E-state index in [1.807, 2.05) is 12.6 Å². The Hall–Kier alpha value is -0.450. The highest BCUT2D eigenvalue weighted by Crippen LogP contribution is 2.20. The van der Waals surface area contributed by atoms with Gasteiger partial charge in [-0.05, 0) is 45.8 Å². The van der Waals surface area contributed by atoms with Crippen molar-refractivity contribution in [2.75, 3.05) is 26.7 Å². The summed E-state index contributed by atoms with van der Waals surface area (Å²) in [5.74, 6) is 0.826. The molecule has 1 aromatic heterocycles. The average Bonchev–Trinajstić information content (AvgIpc) is 2.66. The van der Waals surface area contributed by atoms with Crippen LogP contribution in [0.5, 0.6) is 0 Å². The lowest BCUT2D eigenvalue weighted by Crippen LogP contribution is -2.38. The average molecular weight is 239 g/mol. The molecule has 1 unspecified atom stereocenters. The first-order valence-electron chi connectivity index (χ1n) is 6.05. The fourth-order valence-corrected chi connectivity index (χ4v) is 3.25. The molecule has 90 valence electrons. The van der Waals surface area contributed by atoms with Gasteiger partial charge in [0.05, 0.1) is 11.2 Å². The molecule has 1 atom stereocenters. The topological polar surface area (TPSA) is 28.2 Å². The monoisotopic (exact) mass is 239 g/mol. The van der Waals surface area contributed by atoms with Gasteiger partial charge >= 0.3 is 0 Å². The summed E-state index contributed by atoms with van der Waals surface area (Å²) < 4.78 is 0. The second-order valence-electron chi connectivity index (χ2n) is 4.66. The Morgan fingerprint density at radius 3 is 3.19 bits per heavy atom. The molecular weight excluding hydrogens is 218 g/mol. The van der Waals surface area contributed by atoms with Gasteiger partial charge in [-0.3, -0.25) is 4.90 Å². The molecule has 0 radical (unpaired) electrons. The molecule has 0 bridgehead atoms. The van der Waals surface area contributed by atoms with Crippen molar-refractivity contribution < 1.29 is 0 Å². The van der Waals surface area contributed by atoms with Gasteiger partial charge in [0.2, 0.25) is 0 Å². The van der Waals surface area contributed by atoms with Gasteiger partial charge in [-0.25, -0.2) is 4.98 Å². The van der Waals surface area contributed by atoms with Crippen molar-refractivity contribution in [2.45, 2.75) is 26.3 Å². The van der Waals surface area contributed by atoms with Crippen LogP contribution in [0.15, 0.2) is 5.51 Å². The molecule has 4 heteroatoms. The van der Waals surface area contributed by atoms with Crippen molar-refractivity contribution in [2.24, 2.45) is 5.92 Å². The highest BCUT2D eigenvalue weighted by atomic mass is 32.1. The third-order valence-electron chi connectivity index (χ3n) is 3.31. The summed E-state index contributed by atoms with van der Waals surface area (Å²) >= 11 is 1.79. The number of rotatable bonds is 4. The highest BCUT2D eigenvalue weighted by Gasteiger charge is 2.20. The molecule has 0 spiro atoms. The van der Waals surface area contributed by atoms with Crippen LogP contribution in [-0.2, 0) is 6.54 Å². The summed E-state index contributed by atoms with van der Waals surface area (Å²) in [4.78, 5) is 8.33. The lowest BCUT2D eigenvalue weighted by Gasteiger charge is -2.32. The summed E-state index contributed by atoms with van der Waals surface area (Å²) in [5.41, 5.74) is 3.17.